The molecule has 96 valence electrons. The number of nitrogens with one attached hydrogen (secondary N) is 1. The van der Waals surface area contributed by atoms with Gasteiger partial charge in [-0.1, -0.05) is 44.5 Å². The maximum Gasteiger partial charge on any atom is 0.142 e. The Morgan fingerprint density at radius 3 is 2.59 bits per heavy atom. The lowest BCUT2D eigenvalue weighted by Gasteiger charge is -2.33. The third-order valence-corrected chi connectivity index (χ3v) is 4.08. The minimum absolute atomic E-state index is 0.157. The molecule has 1 aromatic carbocycles. The van der Waals surface area contributed by atoms with Gasteiger partial charge in [0.15, 0.2) is 0 Å². The smallest absolute Gasteiger partial charge is 0.142 e. The number of hydrogen-bond donors (Lipinski definition) is 1. The van der Waals surface area contributed by atoms with E-state index in [0.29, 0.717) is 0 Å². The van der Waals surface area contributed by atoms with Gasteiger partial charge in [-0.25, -0.2) is 4.39 Å². The lowest BCUT2D eigenvalue weighted by molar-refractivity contribution is 0.240. The maximum atomic E-state index is 13.4. The molecule has 0 saturated carbocycles. The van der Waals surface area contributed by atoms with Crippen LogP contribution in [0.15, 0.2) is 18.2 Å². The summed E-state index contributed by atoms with van der Waals surface area (Å²) >= 11 is 5.98. The molecule has 3 heteroatoms. The normalized spacial score (nSPS) is 13.8. The predicted octanol–water partition coefficient (Wildman–Crippen LogP) is 4.05. The van der Waals surface area contributed by atoms with Crippen LogP contribution in [0.25, 0.3) is 0 Å². The quantitative estimate of drug-likeness (QED) is 0.839. The summed E-state index contributed by atoms with van der Waals surface area (Å²) in [5.41, 5.74) is 1.03. The first-order valence-electron chi connectivity index (χ1n) is 6.02. The molecule has 0 spiro atoms. The van der Waals surface area contributed by atoms with Crippen molar-refractivity contribution in [2.45, 2.75) is 39.7 Å². The molecule has 17 heavy (non-hydrogen) atoms. The molecule has 0 radical (unpaired) electrons. The predicted molar refractivity (Wildman–Crippen MR) is 72.0 cm³/mol. The van der Waals surface area contributed by atoms with Gasteiger partial charge in [0.05, 0.1) is 5.02 Å². The van der Waals surface area contributed by atoms with Crippen molar-refractivity contribution < 1.29 is 4.39 Å². The summed E-state index contributed by atoms with van der Waals surface area (Å²) in [6.07, 6.45) is 1.80. The Hall–Kier alpha value is -0.600. The highest BCUT2D eigenvalue weighted by Crippen LogP contribution is 2.29. The van der Waals surface area contributed by atoms with E-state index in [1.165, 1.54) is 6.07 Å². The molecule has 0 saturated heterocycles. The fourth-order valence-corrected chi connectivity index (χ4v) is 2.14. The van der Waals surface area contributed by atoms with Crippen LogP contribution >= 0.6 is 11.6 Å². The van der Waals surface area contributed by atoms with E-state index in [4.69, 9.17) is 11.6 Å². The second-order valence-corrected chi connectivity index (χ2v) is 5.48. The zero-order valence-corrected chi connectivity index (χ0v) is 11.7. The fraction of sp³-hybridized carbons (Fsp3) is 0.571. The third-order valence-electron chi connectivity index (χ3n) is 3.66. The summed E-state index contributed by atoms with van der Waals surface area (Å²) in [7, 11) is 1.94. The molecule has 0 aromatic heterocycles. The first-order chi connectivity index (χ1) is 7.92. The monoisotopic (exact) mass is 257 g/mol. The topological polar surface area (TPSA) is 12.0 Å². The minimum atomic E-state index is -0.340. The van der Waals surface area contributed by atoms with Gasteiger partial charge in [0.25, 0.3) is 0 Å². The lowest BCUT2D eigenvalue weighted by Crippen LogP contribution is -2.41. The van der Waals surface area contributed by atoms with E-state index in [1.54, 1.807) is 6.07 Å². The van der Waals surface area contributed by atoms with Crippen molar-refractivity contribution in [1.29, 1.82) is 0 Å². The van der Waals surface area contributed by atoms with Crippen molar-refractivity contribution in [2.75, 3.05) is 7.05 Å². The number of hydrogen-bond acceptors (Lipinski definition) is 1. The first-order valence-corrected chi connectivity index (χ1v) is 6.40. The standard InChI is InChI=1S/C14H21ClFN/c1-5-14(2,3)12(17-4)9-10-7-6-8-11(16)13(10)15/h6-8,12,17H,5,9H2,1-4H3. The molecule has 1 nitrogen and oxygen atoms in total. The van der Waals surface area contributed by atoms with Crippen molar-refractivity contribution in [3.8, 4) is 0 Å². The molecule has 0 aliphatic heterocycles. The average molecular weight is 258 g/mol. The van der Waals surface area contributed by atoms with Crippen molar-refractivity contribution in [1.82, 2.24) is 5.32 Å². The van der Waals surface area contributed by atoms with Crippen LogP contribution in [-0.4, -0.2) is 13.1 Å². The minimum Gasteiger partial charge on any atom is -0.316 e. The molecule has 1 rings (SSSR count). The molecule has 0 aliphatic rings. The molecule has 1 N–H and O–H groups in total. The number of rotatable bonds is 5. The van der Waals surface area contributed by atoms with Crippen LogP contribution in [0.3, 0.4) is 0 Å². The SMILES string of the molecule is CCC(C)(C)C(Cc1cccc(F)c1Cl)NC. The first kappa shape index (κ1) is 14.5. The molecule has 1 unspecified atom stereocenters. The Bertz CT molecular complexity index is 376. The molecule has 0 aliphatic carbocycles. The molecular formula is C14H21ClFN. The lowest BCUT2D eigenvalue weighted by atomic mass is 9.79. The Kier molecular flexibility index (Phi) is 4.96. The van der Waals surface area contributed by atoms with Crippen molar-refractivity contribution in [2.24, 2.45) is 5.41 Å². The van der Waals surface area contributed by atoms with Gasteiger partial charge < -0.3 is 5.32 Å². The van der Waals surface area contributed by atoms with Gasteiger partial charge in [0.1, 0.15) is 5.82 Å². The highest BCUT2D eigenvalue weighted by molar-refractivity contribution is 6.31. The Labute approximate surface area is 108 Å². The van der Waals surface area contributed by atoms with E-state index >= 15 is 0 Å². The molecule has 1 atom stereocenters. The Balaban J connectivity index is 2.92. The zero-order chi connectivity index (χ0) is 13.1. The number of benzene rings is 1. The highest BCUT2D eigenvalue weighted by atomic mass is 35.5. The second kappa shape index (κ2) is 5.83. The molecular weight excluding hydrogens is 237 g/mol. The van der Waals surface area contributed by atoms with Crippen LogP contribution in [0.4, 0.5) is 4.39 Å². The summed E-state index contributed by atoms with van der Waals surface area (Å²) in [4.78, 5) is 0. The van der Waals surface area contributed by atoms with E-state index in [0.717, 1.165) is 18.4 Å². The van der Waals surface area contributed by atoms with E-state index < -0.39 is 0 Å². The van der Waals surface area contributed by atoms with E-state index in [2.05, 4.69) is 26.1 Å². The van der Waals surface area contributed by atoms with Crippen LogP contribution in [0.1, 0.15) is 32.8 Å². The fourth-order valence-electron chi connectivity index (χ4n) is 1.94. The third kappa shape index (κ3) is 3.43. The van der Waals surface area contributed by atoms with Crippen LogP contribution < -0.4 is 5.32 Å². The Morgan fingerprint density at radius 1 is 1.41 bits per heavy atom. The number of likely N-dealkylation sites (N-methyl/N-ethyl adjacent to an activating group) is 1. The van der Waals surface area contributed by atoms with E-state index in [-0.39, 0.29) is 22.3 Å². The maximum absolute atomic E-state index is 13.4. The van der Waals surface area contributed by atoms with Gasteiger partial charge in [-0.3, -0.25) is 0 Å². The van der Waals surface area contributed by atoms with Gasteiger partial charge in [0.2, 0.25) is 0 Å². The van der Waals surface area contributed by atoms with Crippen LogP contribution in [0.2, 0.25) is 5.02 Å². The molecule has 0 bridgehead atoms. The summed E-state index contributed by atoms with van der Waals surface area (Å²) in [6.45, 7) is 6.58. The van der Waals surface area contributed by atoms with Gasteiger partial charge in [-0.05, 0) is 36.9 Å². The van der Waals surface area contributed by atoms with E-state index in [9.17, 15) is 4.39 Å². The summed E-state index contributed by atoms with van der Waals surface area (Å²) in [5.74, 6) is -0.340. The molecule has 0 heterocycles. The highest BCUT2D eigenvalue weighted by Gasteiger charge is 2.27. The second-order valence-electron chi connectivity index (χ2n) is 5.10. The van der Waals surface area contributed by atoms with Gasteiger partial charge in [-0.2, -0.15) is 0 Å². The summed E-state index contributed by atoms with van der Waals surface area (Å²) in [5, 5.41) is 3.56. The van der Waals surface area contributed by atoms with Crippen LogP contribution in [0.5, 0.6) is 0 Å². The molecule has 0 fully saturated rings. The summed E-state index contributed by atoms with van der Waals surface area (Å²) in [6, 6.07) is 5.28. The molecule has 1 aromatic rings. The summed E-state index contributed by atoms with van der Waals surface area (Å²) < 4.78 is 13.4. The van der Waals surface area contributed by atoms with Crippen LogP contribution in [0, 0.1) is 11.2 Å². The average Bonchev–Trinajstić information content (AvgIpc) is 2.30. The van der Waals surface area contributed by atoms with Gasteiger partial charge in [-0.15, -0.1) is 0 Å². The van der Waals surface area contributed by atoms with Crippen molar-refractivity contribution in [3.05, 3.63) is 34.6 Å². The van der Waals surface area contributed by atoms with Gasteiger partial charge in [0, 0.05) is 6.04 Å². The van der Waals surface area contributed by atoms with Crippen molar-refractivity contribution in [3.63, 3.8) is 0 Å². The van der Waals surface area contributed by atoms with Crippen LogP contribution in [-0.2, 0) is 6.42 Å². The van der Waals surface area contributed by atoms with Crippen molar-refractivity contribution >= 4 is 11.6 Å². The Morgan fingerprint density at radius 2 is 2.06 bits per heavy atom. The van der Waals surface area contributed by atoms with Gasteiger partial charge >= 0.3 is 0 Å². The largest absolute Gasteiger partial charge is 0.316 e. The zero-order valence-electron chi connectivity index (χ0n) is 11.0. The molecule has 0 amide bonds. The van der Waals surface area contributed by atoms with E-state index in [1.807, 2.05) is 13.1 Å². The number of halogens is 2.